The zero-order valence-electron chi connectivity index (χ0n) is 43.6. The van der Waals surface area contributed by atoms with Gasteiger partial charge in [-0.15, -0.1) is 64.7 Å². The Balaban J connectivity index is 0.000000229. The number of para-hydroxylation sites is 3. The smallest absolute Gasteiger partial charge is 0.0798 e. The minimum absolute atomic E-state index is 0. The summed E-state index contributed by atoms with van der Waals surface area (Å²) < 4.78 is 42.4. The predicted molar refractivity (Wildman–Crippen MR) is 260 cm³/mol. The van der Waals surface area contributed by atoms with E-state index in [0.29, 0.717) is 28.7 Å². The molecule has 61 heavy (non-hydrogen) atoms. The fraction of sp³-hybridized carbons (Fsp3) is 0.357. The van der Waals surface area contributed by atoms with Crippen molar-refractivity contribution < 1.29 is 27.0 Å². The molecular weight excluding hydrogens is 935 g/mol. The molecule has 0 aliphatic heterocycles. The van der Waals surface area contributed by atoms with Crippen LogP contribution in [-0.2, 0) is 31.9 Å². The summed E-state index contributed by atoms with van der Waals surface area (Å²) in [5.41, 5.74) is 16.8. The molecule has 3 nitrogen and oxygen atoms in total. The van der Waals surface area contributed by atoms with Crippen molar-refractivity contribution in [2.24, 2.45) is 5.41 Å². The number of fused-ring (bicyclic) bond motifs is 4. The zero-order valence-corrected chi connectivity index (χ0v) is 42.0. The third kappa shape index (κ3) is 9.22. The van der Waals surface area contributed by atoms with E-state index in [4.69, 9.17) is 11.8 Å². The van der Waals surface area contributed by atoms with Crippen LogP contribution in [0.25, 0.3) is 50.5 Å². The molecule has 0 bridgehead atoms. The SMILES string of the molecule is Cc1cc2c(cc1C)C(C)(C)c1c[c-]c(-c3nc4ccccc4n3-c3c(C(C)C)cccc3C(C)C)cc1-2.[2H]C([2H])([2H])c1c[c-]c(-c2cc(C([2H])([2H])C(C)(C)C)c([Si](C)(C)C)cn2)cc1.[Ir]. The summed E-state index contributed by atoms with van der Waals surface area (Å²) in [5, 5.41) is 1.00. The molecule has 8 rings (SSSR count). The molecule has 0 fully saturated rings. The molecule has 1 aliphatic rings. The Morgan fingerprint density at radius 3 is 2.03 bits per heavy atom. The quantitative estimate of drug-likeness (QED) is 0.118. The van der Waals surface area contributed by atoms with Crippen molar-refractivity contribution in [3.63, 3.8) is 0 Å². The normalized spacial score (nSPS) is 14.9. The topological polar surface area (TPSA) is 30.7 Å². The van der Waals surface area contributed by atoms with E-state index < -0.39 is 26.7 Å². The molecule has 2 aromatic heterocycles. The molecule has 319 valence electrons. The van der Waals surface area contributed by atoms with Crippen LogP contribution < -0.4 is 5.19 Å². The Bertz CT molecular complexity index is 2890. The summed E-state index contributed by atoms with van der Waals surface area (Å²) >= 11 is 0. The Labute approximate surface area is 388 Å². The number of hydrogen-bond acceptors (Lipinski definition) is 2. The molecule has 0 N–H and O–H groups in total. The number of pyridine rings is 1. The van der Waals surface area contributed by atoms with Gasteiger partial charge in [0.2, 0.25) is 0 Å². The molecule has 0 saturated heterocycles. The van der Waals surface area contributed by atoms with Gasteiger partial charge in [0.05, 0.1) is 24.9 Å². The van der Waals surface area contributed by atoms with Gasteiger partial charge in [0.15, 0.2) is 0 Å². The maximum atomic E-state index is 8.79. The van der Waals surface area contributed by atoms with Gasteiger partial charge in [-0.2, -0.15) is 0 Å². The number of rotatable bonds is 7. The minimum Gasteiger partial charge on any atom is -0.333 e. The van der Waals surface area contributed by atoms with Crippen LogP contribution in [0.2, 0.25) is 19.6 Å². The Kier molecular flexibility index (Phi) is 11.2. The van der Waals surface area contributed by atoms with E-state index in [9.17, 15) is 0 Å². The molecule has 0 amide bonds. The summed E-state index contributed by atoms with van der Waals surface area (Å²) in [5.74, 6) is 1.74. The third-order valence-electron chi connectivity index (χ3n) is 11.9. The Hall–Kier alpha value is -4.41. The first-order chi connectivity index (χ1) is 30.1. The van der Waals surface area contributed by atoms with Gasteiger partial charge < -0.3 is 9.55 Å². The summed E-state index contributed by atoms with van der Waals surface area (Å²) in [7, 11) is -1.81. The van der Waals surface area contributed by atoms with Crippen LogP contribution in [0.4, 0.5) is 0 Å². The molecule has 1 aliphatic carbocycles. The number of aromatic nitrogens is 3. The molecule has 0 atom stereocenters. The van der Waals surface area contributed by atoms with Crippen molar-refractivity contribution >= 4 is 24.3 Å². The van der Waals surface area contributed by atoms with Crippen LogP contribution in [0.1, 0.15) is 126 Å². The molecule has 7 aromatic rings. The van der Waals surface area contributed by atoms with Crippen LogP contribution in [0, 0.1) is 38.2 Å². The van der Waals surface area contributed by atoms with Gasteiger partial charge in [0, 0.05) is 38.8 Å². The Morgan fingerprint density at radius 1 is 0.787 bits per heavy atom. The van der Waals surface area contributed by atoms with Gasteiger partial charge in [-0.3, -0.25) is 4.98 Å². The number of imidazole rings is 1. The first kappa shape index (κ1) is 39.4. The first-order valence-corrected chi connectivity index (χ1v) is 25.0. The second kappa shape index (κ2) is 17.4. The molecule has 0 unspecified atom stereocenters. The van der Waals surface area contributed by atoms with Gasteiger partial charge in [0.25, 0.3) is 0 Å². The largest absolute Gasteiger partial charge is 0.333 e. The van der Waals surface area contributed by atoms with Gasteiger partial charge in [-0.05, 0) is 99.3 Å². The van der Waals surface area contributed by atoms with Gasteiger partial charge in [-0.25, -0.2) is 0 Å². The fourth-order valence-electron chi connectivity index (χ4n) is 8.56. The maximum Gasteiger partial charge on any atom is 0.0798 e. The van der Waals surface area contributed by atoms with Crippen molar-refractivity contribution in [2.45, 2.75) is 126 Å². The summed E-state index contributed by atoms with van der Waals surface area (Å²) in [4.78, 5) is 9.80. The van der Waals surface area contributed by atoms with Crippen molar-refractivity contribution in [2.75, 3.05) is 0 Å². The van der Waals surface area contributed by atoms with Gasteiger partial charge >= 0.3 is 0 Å². The number of aryl methyl sites for hydroxylation is 3. The summed E-state index contributed by atoms with van der Waals surface area (Å²) in [6.45, 7) is 28.3. The number of benzene rings is 5. The van der Waals surface area contributed by atoms with E-state index in [1.54, 1.807) is 18.3 Å². The average molecular weight is 1010 g/mol. The van der Waals surface area contributed by atoms with Gasteiger partial charge in [0.1, 0.15) is 0 Å². The zero-order chi connectivity index (χ0) is 47.8. The standard InChI is InChI=1S/C36H37N2.C20H28NSi.Ir/c1-21(2)26-12-11-13-27(22(3)4)34(26)38-33-15-10-9-14-32(33)37-35(38)25-16-17-30-29(20-25)28-18-23(5)24(6)19-31(28)36(30,7)8;1-15-8-10-16(11-9-15)18-12-17(13-20(2,3)4)19(14-21-18)22(5,6)7;/h9-15,17-22H,1-8H3;8-10,12,14H,13H2,1-7H3;/q2*-1;/i;1D3,13D2;. The molecule has 5 heteroatoms. The van der Waals surface area contributed by atoms with Crippen LogP contribution in [0.15, 0.2) is 97.2 Å². The monoisotopic (exact) mass is 1010 g/mol. The van der Waals surface area contributed by atoms with E-state index in [1.807, 2.05) is 26.8 Å². The van der Waals surface area contributed by atoms with E-state index >= 15 is 0 Å². The number of nitrogens with zero attached hydrogens (tertiary/aromatic N) is 3. The van der Waals surface area contributed by atoms with Crippen LogP contribution in [0.5, 0.6) is 0 Å². The van der Waals surface area contributed by atoms with Crippen LogP contribution in [-0.4, -0.2) is 22.6 Å². The van der Waals surface area contributed by atoms with Crippen LogP contribution in [0.3, 0.4) is 0 Å². The number of hydrogen-bond donors (Lipinski definition) is 0. The minimum atomic E-state index is -2.17. The van der Waals surface area contributed by atoms with Crippen molar-refractivity contribution in [3.05, 3.63) is 154 Å². The van der Waals surface area contributed by atoms with E-state index in [-0.39, 0.29) is 31.1 Å². The van der Waals surface area contributed by atoms with Crippen molar-refractivity contribution in [3.8, 4) is 39.5 Å². The molecule has 2 heterocycles. The molecule has 0 saturated carbocycles. The van der Waals surface area contributed by atoms with Crippen molar-refractivity contribution in [1.82, 2.24) is 14.5 Å². The molecule has 1 radical (unpaired) electrons. The predicted octanol–water partition coefficient (Wildman–Crippen LogP) is 14.7. The van der Waals surface area contributed by atoms with E-state index in [0.717, 1.165) is 27.6 Å². The van der Waals surface area contributed by atoms with Crippen LogP contribution >= 0.6 is 0 Å². The average Bonchev–Trinajstić information content (AvgIpc) is 3.71. The second-order valence-corrected chi connectivity index (χ2v) is 24.9. The van der Waals surface area contributed by atoms with E-state index in [2.05, 4.69) is 163 Å². The first-order valence-electron chi connectivity index (χ1n) is 24.0. The fourth-order valence-corrected chi connectivity index (χ4v) is 9.95. The Morgan fingerprint density at radius 2 is 1.43 bits per heavy atom. The molecular formula is C56H65IrN3Si-2. The second-order valence-electron chi connectivity index (χ2n) is 19.9. The maximum absolute atomic E-state index is 8.79. The van der Waals surface area contributed by atoms with Crippen molar-refractivity contribution in [1.29, 1.82) is 0 Å². The van der Waals surface area contributed by atoms with Gasteiger partial charge in [-0.1, -0.05) is 148 Å². The van der Waals surface area contributed by atoms with E-state index in [1.165, 1.54) is 56.3 Å². The summed E-state index contributed by atoms with van der Waals surface area (Å²) in [6.07, 6.45) is 0.269. The third-order valence-corrected chi connectivity index (χ3v) is 13.9. The molecule has 5 aromatic carbocycles. The molecule has 0 spiro atoms. The summed E-state index contributed by atoms with van der Waals surface area (Å²) in [6, 6.07) is 37.8.